The van der Waals surface area contributed by atoms with Crippen molar-refractivity contribution in [1.29, 1.82) is 0 Å². The Balaban J connectivity index is 1.60. The van der Waals surface area contributed by atoms with E-state index in [1.54, 1.807) is 18.3 Å². The molecule has 0 spiro atoms. The second-order valence-electron chi connectivity index (χ2n) is 8.93. The maximum absolute atomic E-state index is 13.4. The maximum atomic E-state index is 13.4. The van der Waals surface area contributed by atoms with Gasteiger partial charge in [0.25, 0.3) is 0 Å². The zero-order valence-corrected chi connectivity index (χ0v) is 21.6. The van der Waals surface area contributed by atoms with Crippen LogP contribution in [0.3, 0.4) is 0 Å². The third kappa shape index (κ3) is 6.13. The molecule has 0 N–H and O–H groups in total. The van der Waals surface area contributed by atoms with Crippen molar-refractivity contribution in [2.45, 2.75) is 51.9 Å². The van der Waals surface area contributed by atoms with Crippen LogP contribution in [0.2, 0.25) is 0 Å². The Morgan fingerprint density at radius 2 is 1.74 bits per heavy atom. The van der Waals surface area contributed by atoms with Crippen molar-refractivity contribution in [3.63, 3.8) is 0 Å². The fourth-order valence-electron chi connectivity index (χ4n) is 4.71. The number of amides is 2. The highest BCUT2D eigenvalue weighted by Gasteiger charge is 2.36. The van der Waals surface area contributed by atoms with Crippen LogP contribution >= 0.6 is 11.3 Å². The number of thiazole rings is 1. The van der Waals surface area contributed by atoms with E-state index in [-0.39, 0.29) is 24.5 Å². The number of morpholine rings is 1. The Kier molecular flexibility index (Phi) is 8.62. The fourth-order valence-corrected chi connectivity index (χ4v) is 5.75. The molecule has 2 atom stereocenters. The van der Waals surface area contributed by atoms with Gasteiger partial charge in [0, 0.05) is 38.0 Å². The molecule has 2 amide bonds. The van der Waals surface area contributed by atoms with E-state index in [4.69, 9.17) is 19.2 Å². The Labute approximate surface area is 211 Å². The Morgan fingerprint density at radius 3 is 2.40 bits per heavy atom. The number of urea groups is 1. The molecular formula is C26H35N3O5S. The van der Waals surface area contributed by atoms with Crippen molar-refractivity contribution in [2.75, 3.05) is 46.0 Å². The van der Waals surface area contributed by atoms with Gasteiger partial charge in [-0.25, -0.2) is 14.6 Å². The van der Waals surface area contributed by atoms with Gasteiger partial charge in [0.1, 0.15) is 5.01 Å². The number of carbonyl (C=O) groups is 2. The molecular weight excluding hydrogens is 466 g/mol. The smallest absolute Gasteiger partial charge is 0.434 e. The minimum atomic E-state index is -0.735. The largest absolute Gasteiger partial charge is 0.515 e. The summed E-state index contributed by atoms with van der Waals surface area (Å²) >= 11 is 1.56. The average Bonchev–Trinajstić information content (AvgIpc) is 3.31. The number of piperidine rings is 1. The predicted molar refractivity (Wildman–Crippen MR) is 134 cm³/mol. The van der Waals surface area contributed by atoms with Crippen LogP contribution in [0, 0.1) is 0 Å². The van der Waals surface area contributed by atoms with Crippen LogP contribution in [-0.2, 0) is 22.3 Å². The highest BCUT2D eigenvalue weighted by molar-refractivity contribution is 7.12. The van der Waals surface area contributed by atoms with Crippen molar-refractivity contribution in [3.8, 4) is 5.88 Å². The Hall–Kier alpha value is -2.65. The number of hydrogen-bond acceptors (Lipinski definition) is 7. The zero-order valence-electron chi connectivity index (χ0n) is 20.8. The lowest BCUT2D eigenvalue weighted by Crippen LogP contribution is -2.52. The van der Waals surface area contributed by atoms with E-state index in [2.05, 4.69) is 31.2 Å². The van der Waals surface area contributed by atoms with Crippen LogP contribution in [0.25, 0.3) is 0 Å². The number of benzene rings is 1. The van der Waals surface area contributed by atoms with Gasteiger partial charge in [-0.05, 0) is 37.3 Å². The molecule has 190 valence electrons. The van der Waals surface area contributed by atoms with Gasteiger partial charge in [0.2, 0.25) is 5.88 Å². The van der Waals surface area contributed by atoms with Gasteiger partial charge in [-0.3, -0.25) is 0 Å². The van der Waals surface area contributed by atoms with Crippen LogP contribution in [0.15, 0.2) is 24.3 Å². The topological polar surface area (TPSA) is 81.2 Å². The number of ether oxygens (including phenoxy) is 3. The maximum Gasteiger partial charge on any atom is 0.515 e. The third-order valence-corrected chi connectivity index (χ3v) is 8.00. The first kappa shape index (κ1) is 25.4. The van der Waals surface area contributed by atoms with Crippen LogP contribution in [-0.4, -0.2) is 73.0 Å². The lowest BCUT2D eigenvalue weighted by Gasteiger charge is -2.40. The first-order chi connectivity index (χ1) is 17.0. The normalized spacial score (nSPS) is 20.5. The molecule has 2 fully saturated rings. The molecule has 2 aliphatic rings. The van der Waals surface area contributed by atoms with E-state index in [1.807, 2.05) is 16.7 Å². The number of carbonyl (C=O) groups excluding carboxylic acids is 2. The van der Waals surface area contributed by atoms with Gasteiger partial charge >= 0.3 is 12.2 Å². The van der Waals surface area contributed by atoms with E-state index < -0.39 is 6.16 Å². The summed E-state index contributed by atoms with van der Waals surface area (Å²) in [4.78, 5) is 34.8. The summed E-state index contributed by atoms with van der Waals surface area (Å²) < 4.78 is 15.8. The zero-order chi connectivity index (χ0) is 24.8. The second-order valence-corrected chi connectivity index (χ2v) is 10.0. The Bertz CT molecular complexity index is 1000. The minimum Gasteiger partial charge on any atom is -0.434 e. The summed E-state index contributed by atoms with van der Waals surface area (Å²) in [5, 5.41) is 0.899. The molecule has 2 aromatic rings. The summed E-state index contributed by atoms with van der Waals surface area (Å²) in [6.07, 6.45) is 1.85. The quantitative estimate of drug-likeness (QED) is 0.528. The standard InChI is InChI=1S/C26H35N3O5S/c1-4-18-7-9-19(10-8-18)20-15-21(17-29(16-20)25(30)28-11-13-32-14-12-28)24-27-23(22(5-2)35-24)34-26(31)33-6-3/h7-10,20-21H,4-6,11-17H2,1-3H3. The summed E-state index contributed by atoms with van der Waals surface area (Å²) in [5.74, 6) is 0.582. The highest BCUT2D eigenvalue weighted by atomic mass is 32.1. The summed E-state index contributed by atoms with van der Waals surface area (Å²) in [6, 6.07) is 8.80. The lowest BCUT2D eigenvalue weighted by atomic mass is 9.84. The summed E-state index contributed by atoms with van der Waals surface area (Å²) in [7, 11) is 0. The average molecular weight is 502 g/mol. The number of rotatable bonds is 6. The van der Waals surface area contributed by atoms with Gasteiger partial charge in [-0.15, -0.1) is 11.3 Å². The van der Waals surface area contributed by atoms with Gasteiger partial charge in [0.05, 0.1) is 24.7 Å². The molecule has 35 heavy (non-hydrogen) atoms. The van der Waals surface area contributed by atoms with E-state index in [0.717, 1.165) is 22.7 Å². The molecule has 3 heterocycles. The van der Waals surface area contributed by atoms with E-state index in [0.29, 0.717) is 51.7 Å². The first-order valence-corrected chi connectivity index (χ1v) is 13.4. The Morgan fingerprint density at radius 1 is 1.03 bits per heavy atom. The molecule has 2 saturated heterocycles. The molecule has 4 rings (SSSR count). The van der Waals surface area contributed by atoms with Crippen LogP contribution in [0.4, 0.5) is 9.59 Å². The first-order valence-electron chi connectivity index (χ1n) is 12.6. The van der Waals surface area contributed by atoms with Gasteiger partial charge < -0.3 is 24.0 Å². The second kappa shape index (κ2) is 11.9. The van der Waals surface area contributed by atoms with Crippen molar-refractivity contribution in [2.24, 2.45) is 0 Å². The monoisotopic (exact) mass is 501 g/mol. The molecule has 9 heteroatoms. The molecule has 1 aromatic heterocycles. The fraction of sp³-hybridized carbons (Fsp3) is 0.577. The molecule has 1 aromatic carbocycles. The van der Waals surface area contributed by atoms with E-state index in [9.17, 15) is 9.59 Å². The molecule has 2 aliphatic heterocycles. The van der Waals surface area contributed by atoms with Crippen molar-refractivity contribution in [1.82, 2.24) is 14.8 Å². The van der Waals surface area contributed by atoms with Crippen molar-refractivity contribution in [3.05, 3.63) is 45.3 Å². The third-order valence-electron chi connectivity index (χ3n) is 6.65. The van der Waals surface area contributed by atoms with Crippen LogP contribution in [0.5, 0.6) is 5.88 Å². The van der Waals surface area contributed by atoms with Gasteiger partial charge in [0.15, 0.2) is 0 Å². The van der Waals surface area contributed by atoms with Crippen molar-refractivity contribution < 1.29 is 23.8 Å². The van der Waals surface area contributed by atoms with Crippen molar-refractivity contribution >= 4 is 23.5 Å². The highest BCUT2D eigenvalue weighted by Crippen LogP contribution is 2.40. The molecule has 0 bridgehead atoms. The minimum absolute atomic E-state index is 0.0550. The lowest BCUT2D eigenvalue weighted by molar-refractivity contribution is 0.0398. The van der Waals surface area contributed by atoms with Gasteiger partial charge in [-0.2, -0.15) is 0 Å². The number of aryl methyl sites for hydroxylation is 2. The molecule has 0 saturated carbocycles. The number of likely N-dealkylation sites (tertiary alicyclic amines) is 1. The molecule has 0 aliphatic carbocycles. The number of nitrogens with zero attached hydrogens (tertiary/aromatic N) is 3. The summed E-state index contributed by atoms with van der Waals surface area (Å²) in [5.41, 5.74) is 2.54. The SMILES string of the molecule is CCOC(=O)Oc1nc(C2CC(c3ccc(CC)cc3)CN(C(=O)N3CCOCC3)C2)sc1CC. The summed E-state index contributed by atoms with van der Waals surface area (Å²) in [6.45, 7) is 9.81. The number of hydrogen-bond donors (Lipinski definition) is 0. The molecule has 8 nitrogen and oxygen atoms in total. The van der Waals surface area contributed by atoms with E-state index >= 15 is 0 Å². The predicted octanol–water partition coefficient (Wildman–Crippen LogP) is 4.83. The molecule has 0 radical (unpaired) electrons. The van der Waals surface area contributed by atoms with E-state index in [1.165, 1.54) is 11.1 Å². The number of aromatic nitrogens is 1. The van der Waals surface area contributed by atoms with Gasteiger partial charge in [-0.1, -0.05) is 38.1 Å². The van der Waals surface area contributed by atoms with Crippen LogP contribution < -0.4 is 4.74 Å². The van der Waals surface area contributed by atoms with Crippen LogP contribution in [0.1, 0.15) is 60.0 Å². The molecule has 2 unspecified atom stereocenters.